The van der Waals surface area contributed by atoms with Crippen LogP contribution in [0, 0.1) is 0 Å². The summed E-state index contributed by atoms with van der Waals surface area (Å²) in [6.45, 7) is 2.19. The predicted molar refractivity (Wildman–Crippen MR) is 72.2 cm³/mol. The van der Waals surface area contributed by atoms with Crippen LogP contribution in [0.15, 0.2) is 24.3 Å². The number of aromatic amines is 1. The van der Waals surface area contributed by atoms with E-state index in [1.54, 1.807) is 0 Å². The largest absolute Gasteiger partial charge is 0.352 e. The topological polar surface area (TPSA) is 40.7 Å². The molecule has 0 radical (unpaired) electrons. The van der Waals surface area contributed by atoms with E-state index in [1.807, 2.05) is 36.0 Å². The number of hydrogen-bond donors (Lipinski definition) is 2. The third-order valence-corrected chi connectivity index (χ3v) is 3.33. The van der Waals surface area contributed by atoms with E-state index in [0.717, 1.165) is 29.2 Å². The maximum atomic E-state index is 4.51. The number of aromatic nitrogens is 2. The summed E-state index contributed by atoms with van der Waals surface area (Å²) in [6, 6.07) is 8.57. The molecule has 0 saturated heterocycles. The molecule has 16 heavy (non-hydrogen) atoms. The zero-order valence-corrected chi connectivity index (χ0v) is 10.5. The zero-order chi connectivity index (χ0) is 11.4. The molecule has 0 amide bonds. The zero-order valence-electron chi connectivity index (χ0n) is 9.66. The van der Waals surface area contributed by atoms with Crippen molar-refractivity contribution in [1.82, 2.24) is 9.97 Å². The van der Waals surface area contributed by atoms with Crippen LogP contribution in [-0.4, -0.2) is 28.0 Å². The van der Waals surface area contributed by atoms with Crippen molar-refractivity contribution in [2.24, 2.45) is 0 Å². The molecule has 2 rings (SSSR count). The van der Waals surface area contributed by atoms with Gasteiger partial charge in [-0.1, -0.05) is 19.1 Å². The van der Waals surface area contributed by atoms with Crippen LogP contribution in [0.4, 0.5) is 5.95 Å². The molecule has 1 aromatic carbocycles. The molecule has 1 atom stereocenters. The van der Waals surface area contributed by atoms with Gasteiger partial charge in [-0.25, -0.2) is 4.98 Å². The first kappa shape index (κ1) is 11.3. The van der Waals surface area contributed by atoms with Gasteiger partial charge in [-0.05, 0) is 24.8 Å². The van der Waals surface area contributed by atoms with Crippen LogP contribution in [0.1, 0.15) is 13.3 Å². The highest BCUT2D eigenvalue weighted by Gasteiger charge is 2.07. The highest BCUT2D eigenvalue weighted by atomic mass is 32.2. The summed E-state index contributed by atoms with van der Waals surface area (Å²) in [7, 11) is 0. The molecule has 0 fully saturated rings. The molecule has 86 valence electrons. The van der Waals surface area contributed by atoms with E-state index in [0.29, 0.717) is 6.04 Å². The second-order valence-electron chi connectivity index (χ2n) is 3.81. The van der Waals surface area contributed by atoms with Crippen molar-refractivity contribution in [3.63, 3.8) is 0 Å². The second-order valence-corrected chi connectivity index (χ2v) is 4.72. The Morgan fingerprint density at radius 2 is 2.25 bits per heavy atom. The third kappa shape index (κ3) is 2.50. The fourth-order valence-corrected chi connectivity index (χ4v) is 2.40. The average Bonchev–Trinajstić information content (AvgIpc) is 2.70. The van der Waals surface area contributed by atoms with Crippen molar-refractivity contribution < 1.29 is 0 Å². The molecule has 0 aliphatic rings. The van der Waals surface area contributed by atoms with Crippen molar-refractivity contribution in [1.29, 1.82) is 0 Å². The van der Waals surface area contributed by atoms with Gasteiger partial charge in [0.1, 0.15) is 0 Å². The standard InChI is InChI=1S/C12H17N3S/c1-3-9(8-16-2)13-12-14-10-6-4-5-7-11(10)15-12/h4-7,9H,3,8H2,1-2H3,(H2,13,14,15). The summed E-state index contributed by atoms with van der Waals surface area (Å²) in [5.74, 6) is 1.98. The number of nitrogens with one attached hydrogen (secondary N) is 2. The van der Waals surface area contributed by atoms with E-state index in [2.05, 4.69) is 28.5 Å². The Hall–Kier alpha value is -1.16. The van der Waals surface area contributed by atoms with E-state index >= 15 is 0 Å². The van der Waals surface area contributed by atoms with Gasteiger partial charge in [0.05, 0.1) is 11.0 Å². The summed E-state index contributed by atoms with van der Waals surface area (Å²) >= 11 is 1.86. The minimum absolute atomic E-state index is 0.482. The van der Waals surface area contributed by atoms with Crippen LogP contribution in [0.5, 0.6) is 0 Å². The molecule has 1 unspecified atom stereocenters. The summed E-state index contributed by atoms with van der Waals surface area (Å²) < 4.78 is 0. The first-order chi connectivity index (χ1) is 7.83. The number of hydrogen-bond acceptors (Lipinski definition) is 3. The fourth-order valence-electron chi connectivity index (χ4n) is 1.68. The highest BCUT2D eigenvalue weighted by Crippen LogP contribution is 2.15. The smallest absolute Gasteiger partial charge is 0.201 e. The molecule has 0 aliphatic carbocycles. The van der Waals surface area contributed by atoms with E-state index < -0.39 is 0 Å². The number of fused-ring (bicyclic) bond motifs is 1. The number of nitrogens with zero attached hydrogens (tertiary/aromatic N) is 1. The molecule has 0 bridgehead atoms. The monoisotopic (exact) mass is 235 g/mol. The van der Waals surface area contributed by atoms with Gasteiger partial charge >= 0.3 is 0 Å². The van der Waals surface area contributed by atoms with Crippen LogP contribution in [0.3, 0.4) is 0 Å². The van der Waals surface area contributed by atoms with Gasteiger partial charge in [-0.3, -0.25) is 0 Å². The molecule has 2 aromatic rings. The summed E-state index contributed by atoms with van der Waals surface area (Å²) in [4.78, 5) is 7.79. The molecular weight excluding hydrogens is 218 g/mol. The first-order valence-corrected chi connectivity index (χ1v) is 6.93. The van der Waals surface area contributed by atoms with Crippen molar-refractivity contribution in [3.8, 4) is 0 Å². The van der Waals surface area contributed by atoms with E-state index in [-0.39, 0.29) is 0 Å². The van der Waals surface area contributed by atoms with Gasteiger partial charge in [-0.15, -0.1) is 0 Å². The second kappa shape index (κ2) is 5.25. The number of para-hydroxylation sites is 2. The fraction of sp³-hybridized carbons (Fsp3) is 0.417. The molecule has 0 saturated carbocycles. The lowest BCUT2D eigenvalue weighted by Crippen LogP contribution is -2.21. The van der Waals surface area contributed by atoms with Gasteiger partial charge in [0, 0.05) is 11.8 Å². The van der Waals surface area contributed by atoms with Gasteiger partial charge in [0.15, 0.2) is 0 Å². The Bertz CT molecular complexity index is 419. The lowest BCUT2D eigenvalue weighted by Gasteiger charge is -2.14. The molecule has 0 aliphatic heterocycles. The highest BCUT2D eigenvalue weighted by molar-refractivity contribution is 7.98. The average molecular weight is 235 g/mol. The lowest BCUT2D eigenvalue weighted by molar-refractivity contribution is 0.767. The van der Waals surface area contributed by atoms with Crippen LogP contribution < -0.4 is 5.32 Å². The number of benzene rings is 1. The van der Waals surface area contributed by atoms with E-state index in [1.165, 1.54) is 0 Å². The van der Waals surface area contributed by atoms with Crippen molar-refractivity contribution in [2.75, 3.05) is 17.3 Å². The number of rotatable bonds is 5. The minimum Gasteiger partial charge on any atom is -0.352 e. The van der Waals surface area contributed by atoms with Gasteiger partial charge in [0.25, 0.3) is 0 Å². The number of anilines is 1. The Morgan fingerprint density at radius 3 is 2.94 bits per heavy atom. The van der Waals surface area contributed by atoms with Crippen LogP contribution >= 0.6 is 11.8 Å². The maximum absolute atomic E-state index is 4.51. The number of imidazole rings is 1. The van der Waals surface area contributed by atoms with Crippen molar-refractivity contribution in [3.05, 3.63) is 24.3 Å². The molecule has 2 N–H and O–H groups in total. The normalized spacial score (nSPS) is 12.9. The van der Waals surface area contributed by atoms with Crippen molar-refractivity contribution >= 4 is 28.7 Å². The van der Waals surface area contributed by atoms with Gasteiger partial charge in [0.2, 0.25) is 5.95 Å². The Labute approximate surface area is 100 Å². The Balaban J connectivity index is 2.14. The summed E-state index contributed by atoms with van der Waals surface area (Å²) in [5.41, 5.74) is 2.10. The summed E-state index contributed by atoms with van der Waals surface area (Å²) in [6.07, 6.45) is 3.24. The molecule has 1 aromatic heterocycles. The van der Waals surface area contributed by atoms with Gasteiger partial charge in [-0.2, -0.15) is 11.8 Å². The minimum atomic E-state index is 0.482. The maximum Gasteiger partial charge on any atom is 0.201 e. The van der Waals surface area contributed by atoms with Crippen molar-refractivity contribution in [2.45, 2.75) is 19.4 Å². The van der Waals surface area contributed by atoms with Crippen LogP contribution in [0.2, 0.25) is 0 Å². The molecule has 1 heterocycles. The Kier molecular flexibility index (Phi) is 3.72. The molecular formula is C12H17N3S. The number of H-pyrrole nitrogens is 1. The SMILES string of the molecule is CCC(CSC)Nc1nc2ccccc2[nH]1. The van der Waals surface area contributed by atoms with Crippen LogP contribution in [-0.2, 0) is 0 Å². The molecule has 0 spiro atoms. The lowest BCUT2D eigenvalue weighted by atomic mass is 10.3. The first-order valence-electron chi connectivity index (χ1n) is 5.53. The van der Waals surface area contributed by atoms with E-state index in [9.17, 15) is 0 Å². The summed E-state index contributed by atoms with van der Waals surface area (Å²) in [5, 5.41) is 3.43. The molecule has 4 heteroatoms. The van der Waals surface area contributed by atoms with Crippen LogP contribution in [0.25, 0.3) is 11.0 Å². The quantitative estimate of drug-likeness (QED) is 0.836. The third-order valence-electron chi connectivity index (χ3n) is 2.59. The molecule has 3 nitrogen and oxygen atoms in total. The Morgan fingerprint density at radius 1 is 1.44 bits per heavy atom. The predicted octanol–water partition coefficient (Wildman–Crippen LogP) is 3.12. The van der Waals surface area contributed by atoms with E-state index in [4.69, 9.17) is 0 Å². The number of thioether (sulfide) groups is 1. The van der Waals surface area contributed by atoms with Gasteiger partial charge < -0.3 is 10.3 Å².